The van der Waals surface area contributed by atoms with Crippen LogP contribution in [0.2, 0.25) is 0 Å². The van der Waals surface area contributed by atoms with E-state index in [2.05, 4.69) is 272 Å². The molecule has 0 amide bonds. The molecule has 19 rings (SSSR count). The highest BCUT2D eigenvalue weighted by atomic mass is 16.3. The third kappa shape index (κ3) is 10.5. The fourth-order valence-electron chi connectivity index (χ4n) is 16.7. The summed E-state index contributed by atoms with van der Waals surface area (Å²) in [4.78, 5) is 4.45. The van der Waals surface area contributed by atoms with Gasteiger partial charge in [-0.25, -0.2) is 0 Å². The summed E-state index contributed by atoms with van der Waals surface area (Å²) in [6.07, 6.45) is 0. The molecule has 2 aliphatic rings. The molecule has 0 atom stereocenters. The minimum Gasteiger partial charge on any atom is -0.452 e. The molecule has 0 N–H and O–H groups in total. The van der Waals surface area contributed by atoms with E-state index in [1.807, 2.05) is 66.7 Å². The molecule has 5 nitrogen and oxygen atoms in total. The zero-order valence-electron chi connectivity index (χ0n) is 71.8. The number of rotatable bonds is 8. The first-order valence-electron chi connectivity index (χ1n) is 41.8. The predicted molar refractivity (Wildman–Crippen MR) is 453 cm³/mol. The van der Waals surface area contributed by atoms with Crippen LogP contribution in [0.25, 0.3) is 121 Å². The fourth-order valence-corrected chi connectivity index (χ4v) is 16.7. The van der Waals surface area contributed by atoms with Gasteiger partial charge in [-0.1, -0.05) is 271 Å². The van der Waals surface area contributed by atoms with Crippen LogP contribution in [0.15, 0.2) is 301 Å². The molecular weight excluding hydrogens is 1280 g/mol. The summed E-state index contributed by atoms with van der Waals surface area (Å²) in [7, 11) is 0. The molecule has 6 heteroatoms. The third-order valence-electron chi connectivity index (χ3n) is 22.2. The van der Waals surface area contributed by atoms with Gasteiger partial charge in [0.15, 0.2) is 11.2 Å². The molecule has 0 radical (unpaired) electrons. The first kappa shape index (κ1) is 54.7. The first-order chi connectivity index (χ1) is 55.2. The van der Waals surface area contributed by atoms with Crippen molar-refractivity contribution in [2.45, 2.75) is 105 Å². The van der Waals surface area contributed by atoms with E-state index in [0.717, 1.165) is 110 Å². The number of hydrogen-bond donors (Lipinski definition) is 0. The lowest BCUT2D eigenvalue weighted by Crippen LogP contribution is -2.61. The molecule has 0 unspecified atom stereocenters. The lowest BCUT2D eigenvalue weighted by molar-refractivity contribution is 0.590. The smallest absolute Gasteiger partial charge is 0.252 e. The predicted octanol–water partition coefficient (Wildman–Crippen LogP) is 25.7. The molecule has 0 spiro atoms. The molecule has 0 aliphatic carbocycles. The second kappa shape index (κ2) is 23.8. The van der Waals surface area contributed by atoms with Gasteiger partial charge in [-0.3, -0.25) is 0 Å². The Morgan fingerprint density at radius 3 is 1.16 bits per heavy atom. The fraction of sp³-hybridized carbons (Fsp3) is 0.160. The van der Waals surface area contributed by atoms with Crippen LogP contribution in [0.1, 0.15) is 119 Å². The van der Waals surface area contributed by atoms with Crippen molar-refractivity contribution in [1.82, 2.24) is 9.13 Å². The number of benzene rings is 14. The normalized spacial score (nSPS) is 14.5. The molecule has 14 aromatic carbocycles. The third-order valence-corrected chi connectivity index (χ3v) is 22.2. The van der Waals surface area contributed by atoms with Crippen molar-refractivity contribution in [3.63, 3.8) is 0 Å². The maximum absolute atomic E-state index is 9.98. The minimum absolute atomic E-state index is 0.00993. The molecule has 5 heterocycles. The minimum atomic E-state index is -0.642. The van der Waals surface area contributed by atoms with Gasteiger partial charge in [0.2, 0.25) is 0 Å². The second-order valence-corrected chi connectivity index (χ2v) is 33.1. The van der Waals surface area contributed by atoms with Gasteiger partial charge in [0, 0.05) is 66.4 Å². The Balaban J connectivity index is 0.965. The summed E-state index contributed by atoms with van der Waals surface area (Å²) < 4.78 is 106. The van der Waals surface area contributed by atoms with Gasteiger partial charge < -0.3 is 23.4 Å². The standard InChI is InChI=1S/C100H85BN4O/c1-97(2,3)70-40-47-84-78(57-70)79-58-71(98(4,5)6)41-48-85(79)102(84)74-44-46-83-91(61-74)105(89-38-26-36-77-76-35-25-37-88(95(76)106-96(77)89)104-86-49-42-72(99(7,8)9)59-80(86)81-60-73(100(10,11)12)43-50-87(81)104)93-56-69(65-33-23-16-24-34-65)55-92-94(93)101(83)82-45-39-66(62-27-17-13-18-28-62)54-90(82)103(92)75-52-67(63-29-19-14-20-30-63)51-68(53-75)64-31-21-15-22-32-64/h13-61H,1-12H3/i13D,16D,17D,18D,23D,24D,27D,28D,33D,34D. The van der Waals surface area contributed by atoms with E-state index in [9.17, 15) is 8.22 Å². The molecule has 106 heavy (non-hydrogen) atoms. The van der Waals surface area contributed by atoms with Crippen LogP contribution in [0.4, 0.5) is 34.1 Å². The Morgan fingerprint density at radius 2 is 0.679 bits per heavy atom. The van der Waals surface area contributed by atoms with Crippen LogP contribution in [0, 0.1) is 0 Å². The molecular formula is C100H85BN4O. The molecule has 514 valence electrons. The number of para-hydroxylation sites is 2. The van der Waals surface area contributed by atoms with Gasteiger partial charge >= 0.3 is 0 Å². The SMILES string of the molecule is [2H]c1c([2H])c([2H])c(-c2ccc3c(c2)N(c2cc(-c4ccccc4)cc(-c4ccccc4)c2)c2cc(-c4c([2H])c([2H])c([2H])c([2H])c4[2H])cc4c2B3c2ccc(-n3c5ccc(C(C)(C)C)cc5c5cc(C(C)(C)C)ccc53)cc2N4c2cccc3c2oc2c(-n4c5ccc(C(C)(C)C)cc5c5cc(C(C)(C)C)ccc54)cccc23)c([2H])c1[2H]. The largest absolute Gasteiger partial charge is 0.452 e. The highest BCUT2D eigenvalue weighted by molar-refractivity contribution is 7.00. The Labute approximate surface area is 636 Å². The maximum Gasteiger partial charge on any atom is 0.252 e. The van der Waals surface area contributed by atoms with E-state index in [4.69, 9.17) is 9.90 Å². The van der Waals surface area contributed by atoms with E-state index >= 15 is 0 Å². The number of fused-ring (bicyclic) bond motifs is 13. The van der Waals surface area contributed by atoms with Crippen molar-refractivity contribution in [1.29, 1.82) is 0 Å². The van der Waals surface area contributed by atoms with Gasteiger partial charge in [0.25, 0.3) is 6.71 Å². The molecule has 0 saturated carbocycles. The van der Waals surface area contributed by atoms with Gasteiger partial charge in [-0.05, 0) is 214 Å². The summed E-state index contributed by atoms with van der Waals surface area (Å²) in [5, 5.41) is 6.26. The average molecular weight is 1380 g/mol. The summed E-state index contributed by atoms with van der Waals surface area (Å²) in [5.74, 6) is 0. The van der Waals surface area contributed by atoms with E-state index in [0.29, 0.717) is 50.7 Å². The van der Waals surface area contributed by atoms with E-state index in [1.54, 1.807) is 0 Å². The van der Waals surface area contributed by atoms with Crippen molar-refractivity contribution in [3.8, 4) is 55.9 Å². The molecule has 2 aliphatic heterocycles. The molecule has 17 aromatic rings. The van der Waals surface area contributed by atoms with Crippen molar-refractivity contribution in [2.24, 2.45) is 0 Å². The molecule has 0 bridgehead atoms. The lowest BCUT2D eigenvalue weighted by Gasteiger charge is -2.44. The van der Waals surface area contributed by atoms with E-state index in [-0.39, 0.29) is 57.0 Å². The number of nitrogens with zero attached hydrogens (tertiary/aromatic N) is 4. The van der Waals surface area contributed by atoms with Gasteiger partial charge in [-0.2, -0.15) is 0 Å². The molecule has 0 fully saturated rings. The van der Waals surface area contributed by atoms with Crippen molar-refractivity contribution in [2.75, 3.05) is 9.80 Å². The summed E-state index contributed by atoms with van der Waals surface area (Å²) in [6, 6.07) is 79.1. The highest BCUT2D eigenvalue weighted by Gasteiger charge is 2.45. The Morgan fingerprint density at radius 1 is 0.274 bits per heavy atom. The Bertz CT molecular complexity index is 6830. The van der Waals surface area contributed by atoms with Crippen molar-refractivity contribution in [3.05, 3.63) is 319 Å². The van der Waals surface area contributed by atoms with Crippen molar-refractivity contribution < 1.29 is 18.1 Å². The van der Waals surface area contributed by atoms with E-state index in [1.165, 1.54) is 22.3 Å². The zero-order valence-corrected chi connectivity index (χ0v) is 61.8. The van der Waals surface area contributed by atoms with Crippen LogP contribution in [0.5, 0.6) is 0 Å². The zero-order chi connectivity index (χ0) is 81.2. The average Bonchev–Trinajstić information content (AvgIpc) is 0.741. The number of hydrogen-bond acceptors (Lipinski definition) is 3. The second-order valence-electron chi connectivity index (χ2n) is 33.1. The van der Waals surface area contributed by atoms with Crippen LogP contribution in [0.3, 0.4) is 0 Å². The van der Waals surface area contributed by atoms with Crippen LogP contribution < -0.4 is 26.2 Å². The highest BCUT2D eigenvalue weighted by Crippen LogP contribution is 2.52. The van der Waals surface area contributed by atoms with Gasteiger partial charge in [0.05, 0.1) is 47.1 Å². The monoisotopic (exact) mass is 1380 g/mol. The topological polar surface area (TPSA) is 29.5 Å². The van der Waals surface area contributed by atoms with E-state index < -0.39 is 43.0 Å². The summed E-state index contributed by atoms with van der Waals surface area (Å²) in [5.41, 5.74) is 22.3. The summed E-state index contributed by atoms with van der Waals surface area (Å²) in [6.45, 7) is 26.4. The summed E-state index contributed by atoms with van der Waals surface area (Å²) >= 11 is 0. The molecule has 0 saturated heterocycles. The lowest BCUT2D eigenvalue weighted by atomic mass is 9.33. The maximum atomic E-state index is 9.98. The van der Waals surface area contributed by atoms with Crippen LogP contribution in [-0.2, 0) is 21.7 Å². The quantitative estimate of drug-likeness (QED) is 0.142. The molecule has 3 aromatic heterocycles. The number of furan rings is 1. The Kier molecular flexibility index (Phi) is 12.3. The van der Waals surface area contributed by atoms with Gasteiger partial charge in [-0.15, -0.1) is 0 Å². The first-order valence-corrected chi connectivity index (χ1v) is 36.8. The number of anilines is 6. The Hall–Kier alpha value is -11.9. The van der Waals surface area contributed by atoms with Crippen LogP contribution >= 0.6 is 0 Å². The number of aromatic nitrogens is 2. The van der Waals surface area contributed by atoms with Crippen molar-refractivity contribution >= 4 is 123 Å². The van der Waals surface area contributed by atoms with Crippen LogP contribution in [-0.4, -0.2) is 15.8 Å². The van der Waals surface area contributed by atoms with Gasteiger partial charge in [0.1, 0.15) is 0 Å².